The molecule has 1 saturated heterocycles. The first-order chi connectivity index (χ1) is 9.78. The fraction of sp³-hybridized carbons (Fsp3) is 0.571. The molecule has 0 bridgehead atoms. The molecule has 1 heterocycles. The predicted molar refractivity (Wildman–Crippen MR) is 69.9 cm³/mol. The van der Waals surface area contributed by atoms with Gasteiger partial charge in [-0.1, -0.05) is 18.2 Å². The molecule has 2 atom stereocenters. The monoisotopic (exact) mass is 305 g/mol. The van der Waals surface area contributed by atoms with Gasteiger partial charge in [0.1, 0.15) is 5.75 Å². The van der Waals surface area contributed by atoms with Gasteiger partial charge < -0.3 is 19.9 Å². The molecule has 2 rings (SSSR count). The number of alkyl halides is 3. The van der Waals surface area contributed by atoms with Crippen molar-refractivity contribution in [3.8, 4) is 5.75 Å². The minimum atomic E-state index is -4.79. The van der Waals surface area contributed by atoms with Crippen molar-refractivity contribution in [2.45, 2.75) is 31.3 Å². The van der Waals surface area contributed by atoms with Gasteiger partial charge in [-0.3, -0.25) is 0 Å². The molecule has 0 radical (unpaired) electrons. The molecule has 1 fully saturated rings. The van der Waals surface area contributed by atoms with Gasteiger partial charge in [0.15, 0.2) is 0 Å². The van der Waals surface area contributed by atoms with E-state index < -0.39 is 12.0 Å². The number of morpholine rings is 1. The molecular formula is C14H18F3NO3. The molecular weight excluding hydrogens is 287 g/mol. The second-order valence-electron chi connectivity index (χ2n) is 5.25. The Bertz CT molecular complexity index is 471. The van der Waals surface area contributed by atoms with Crippen LogP contribution in [0, 0.1) is 0 Å². The normalized spacial score (nSPS) is 22.6. The highest BCUT2D eigenvalue weighted by molar-refractivity contribution is 5.38. The molecule has 1 aliphatic rings. The Morgan fingerprint density at radius 3 is 2.71 bits per heavy atom. The first kappa shape index (κ1) is 16.1. The maximum Gasteiger partial charge on any atom is 0.573 e. The number of benzene rings is 1. The van der Waals surface area contributed by atoms with Crippen LogP contribution in [0.3, 0.4) is 0 Å². The van der Waals surface area contributed by atoms with E-state index in [-0.39, 0.29) is 23.8 Å². The molecule has 4 nitrogen and oxygen atoms in total. The van der Waals surface area contributed by atoms with Crippen LogP contribution in [0.5, 0.6) is 5.75 Å². The van der Waals surface area contributed by atoms with Crippen molar-refractivity contribution >= 4 is 0 Å². The highest BCUT2D eigenvalue weighted by Crippen LogP contribution is 2.36. The zero-order chi connectivity index (χ0) is 15.5. The Labute approximate surface area is 120 Å². The van der Waals surface area contributed by atoms with Crippen LogP contribution in [0.15, 0.2) is 24.3 Å². The van der Waals surface area contributed by atoms with Gasteiger partial charge in [-0.2, -0.15) is 0 Å². The molecule has 7 heteroatoms. The highest BCUT2D eigenvalue weighted by Gasteiger charge is 2.36. The van der Waals surface area contributed by atoms with Crippen LogP contribution in [0.2, 0.25) is 0 Å². The summed E-state index contributed by atoms with van der Waals surface area (Å²) in [5.41, 5.74) is -1.35. The van der Waals surface area contributed by atoms with E-state index >= 15 is 0 Å². The summed E-state index contributed by atoms with van der Waals surface area (Å²) in [6, 6.07) is 5.51. The van der Waals surface area contributed by atoms with Crippen molar-refractivity contribution in [1.29, 1.82) is 0 Å². The van der Waals surface area contributed by atoms with E-state index in [2.05, 4.69) is 10.1 Å². The van der Waals surface area contributed by atoms with Crippen molar-refractivity contribution in [2.24, 2.45) is 0 Å². The smallest absolute Gasteiger partial charge is 0.405 e. The third-order valence-electron chi connectivity index (χ3n) is 3.34. The summed E-state index contributed by atoms with van der Waals surface area (Å²) in [6.07, 6.45) is -4.57. The maximum absolute atomic E-state index is 12.4. The molecule has 0 aromatic heterocycles. The minimum Gasteiger partial charge on any atom is -0.405 e. The topological polar surface area (TPSA) is 50.7 Å². The number of halogens is 3. The summed E-state index contributed by atoms with van der Waals surface area (Å²) in [5, 5.41) is 13.7. The Morgan fingerprint density at radius 1 is 1.38 bits per heavy atom. The average Bonchev–Trinajstić information content (AvgIpc) is 2.38. The van der Waals surface area contributed by atoms with E-state index in [1.165, 1.54) is 25.1 Å². The van der Waals surface area contributed by atoms with Gasteiger partial charge in [0.2, 0.25) is 0 Å². The summed E-state index contributed by atoms with van der Waals surface area (Å²) < 4.78 is 46.6. The summed E-state index contributed by atoms with van der Waals surface area (Å²) in [5.74, 6) is -0.383. The SMILES string of the molecule is CC(O)(CC1COCCN1)c1ccccc1OC(F)(F)F. The molecule has 1 aromatic carbocycles. The summed E-state index contributed by atoms with van der Waals surface area (Å²) in [4.78, 5) is 0. The lowest BCUT2D eigenvalue weighted by Crippen LogP contribution is -2.45. The highest BCUT2D eigenvalue weighted by atomic mass is 19.4. The van der Waals surface area contributed by atoms with Gasteiger partial charge in [0.05, 0.1) is 18.8 Å². The lowest BCUT2D eigenvalue weighted by Gasteiger charge is -2.32. The van der Waals surface area contributed by atoms with E-state index in [0.29, 0.717) is 19.8 Å². The van der Waals surface area contributed by atoms with Crippen LogP contribution < -0.4 is 10.1 Å². The molecule has 0 aliphatic carbocycles. The predicted octanol–water partition coefficient (Wildman–Crippen LogP) is 2.17. The van der Waals surface area contributed by atoms with Crippen molar-refractivity contribution in [2.75, 3.05) is 19.8 Å². The van der Waals surface area contributed by atoms with Crippen LogP contribution in [-0.2, 0) is 10.3 Å². The van der Waals surface area contributed by atoms with E-state index in [1.54, 1.807) is 6.07 Å². The maximum atomic E-state index is 12.4. The number of rotatable bonds is 4. The Hall–Kier alpha value is -1.31. The summed E-state index contributed by atoms with van der Waals surface area (Å²) in [7, 11) is 0. The first-order valence-corrected chi connectivity index (χ1v) is 6.67. The van der Waals surface area contributed by atoms with E-state index in [4.69, 9.17) is 4.74 Å². The molecule has 2 unspecified atom stereocenters. The van der Waals surface area contributed by atoms with E-state index in [9.17, 15) is 18.3 Å². The molecule has 0 spiro atoms. The zero-order valence-corrected chi connectivity index (χ0v) is 11.6. The second-order valence-corrected chi connectivity index (χ2v) is 5.25. The van der Waals surface area contributed by atoms with Crippen molar-refractivity contribution in [3.63, 3.8) is 0 Å². The number of aliphatic hydroxyl groups is 1. The lowest BCUT2D eigenvalue weighted by atomic mass is 9.88. The molecule has 2 N–H and O–H groups in total. The van der Waals surface area contributed by atoms with Gasteiger partial charge >= 0.3 is 6.36 Å². The van der Waals surface area contributed by atoms with Crippen LogP contribution in [0.25, 0.3) is 0 Å². The van der Waals surface area contributed by atoms with Gasteiger partial charge in [-0.05, 0) is 19.4 Å². The van der Waals surface area contributed by atoms with Gasteiger partial charge in [-0.15, -0.1) is 13.2 Å². The standard InChI is InChI=1S/C14H18F3NO3/c1-13(19,8-10-9-20-7-6-18-10)11-4-2-3-5-12(11)21-14(15,16)17/h2-5,10,18-19H,6-9H2,1H3. The van der Waals surface area contributed by atoms with Gasteiger partial charge in [0, 0.05) is 18.2 Å². The Morgan fingerprint density at radius 2 is 2.10 bits per heavy atom. The van der Waals surface area contributed by atoms with Crippen molar-refractivity contribution in [1.82, 2.24) is 5.32 Å². The van der Waals surface area contributed by atoms with Crippen molar-refractivity contribution in [3.05, 3.63) is 29.8 Å². The minimum absolute atomic E-state index is 0.106. The Kier molecular flexibility index (Phi) is 4.75. The van der Waals surface area contributed by atoms with Crippen LogP contribution >= 0.6 is 0 Å². The molecule has 0 saturated carbocycles. The average molecular weight is 305 g/mol. The molecule has 1 aromatic rings. The van der Waals surface area contributed by atoms with Gasteiger partial charge in [-0.25, -0.2) is 0 Å². The summed E-state index contributed by atoms with van der Waals surface area (Å²) >= 11 is 0. The fourth-order valence-electron chi connectivity index (χ4n) is 2.47. The number of para-hydroxylation sites is 1. The zero-order valence-electron chi connectivity index (χ0n) is 11.6. The fourth-order valence-corrected chi connectivity index (χ4v) is 2.47. The van der Waals surface area contributed by atoms with Crippen LogP contribution in [0.4, 0.5) is 13.2 Å². The third-order valence-corrected chi connectivity index (χ3v) is 3.34. The number of hydrogen-bond acceptors (Lipinski definition) is 4. The van der Waals surface area contributed by atoms with E-state index in [1.807, 2.05) is 0 Å². The Balaban J connectivity index is 2.18. The molecule has 118 valence electrons. The van der Waals surface area contributed by atoms with Crippen LogP contribution in [0.1, 0.15) is 18.9 Å². The quantitative estimate of drug-likeness (QED) is 0.895. The first-order valence-electron chi connectivity index (χ1n) is 6.67. The second kappa shape index (κ2) is 6.21. The van der Waals surface area contributed by atoms with E-state index in [0.717, 1.165) is 0 Å². The van der Waals surface area contributed by atoms with Crippen molar-refractivity contribution < 1.29 is 27.8 Å². The number of nitrogens with one attached hydrogen (secondary N) is 1. The molecule has 21 heavy (non-hydrogen) atoms. The summed E-state index contributed by atoms with van der Waals surface area (Å²) in [6.45, 7) is 3.13. The largest absolute Gasteiger partial charge is 0.573 e. The lowest BCUT2D eigenvalue weighted by molar-refractivity contribution is -0.275. The van der Waals surface area contributed by atoms with Gasteiger partial charge in [0.25, 0.3) is 0 Å². The molecule has 1 aliphatic heterocycles. The third kappa shape index (κ3) is 4.59. The number of hydrogen-bond donors (Lipinski definition) is 2. The number of ether oxygens (including phenoxy) is 2. The van der Waals surface area contributed by atoms with Crippen LogP contribution in [-0.4, -0.2) is 37.3 Å². The molecule has 0 amide bonds.